The molecule has 0 aliphatic heterocycles. The summed E-state index contributed by atoms with van der Waals surface area (Å²) in [5.74, 6) is -0.160. The normalized spacial score (nSPS) is 11.5. The summed E-state index contributed by atoms with van der Waals surface area (Å²) in [5.41, 5.74) is 3.00. The molecule has 1 atom stereocenters. The first-order chi connectivity index (χ1) is 15.2. The smallest absolute Gasteiger partial charge is 0.243 e. The summed E-state index contributed by atoms with van der Waals surface area (Å²) in [6.45, 7) is 2.78. The Morgan fingerprint density at radius 1 is 0.871 bits per heavy atom. The van der Waals surface area contributed by atoms with E-state index in [4.69, 9.17) is 0 Å². The lowest BCUT2D eigenvalue weighted by molar-refractivity contribution is -0.141. The largest absolute Gasteiger partial charge is 0.350 e. The minimum Gasteiger partial charge on any atom is -0.350 e. The number of pyridine rings is 1. The molecule has 1 heterocycles. The van der Waals surface area contributed by atoms with Crippen molar-refractivity contribution >= 4 is 11.8 Å². The fraction of sp³-hybridized carbons (Fsp3) is 0.269. The van der Waals surface area contributed by atoms with E-state index < -0.39 is 6.04 Å². The van der Waals surface area contributed by atoms with Gasteiger partial charge in [0, 0.05) is 38.3 Å². The molecule has 5 heteroatoms. The molecule has 3 aromatic rings. The van der Waals surface area contributed by atoms with Crippen LogP contribution in [-0.2, 0) is 29.1 Å². The number of aromatic nitrogens is 1. The van der Waals surface area contributed by atoms with Gasteiger partial charge < -0.3 is 10.2 Å². The van der Waals surface area contributed by atoms with Crippen LogP contribution in [-0.4, -0.2) is 27.7 Å². The Kier molecular flexibility index (Phi) is 8.35. The van der Waals surface area contributed by atoms with Gasteiger partial charge in [-0.05, 0) is 35.2 Å². The van der Waals surface area contributed by atoms with E-state index in [1.54, 1.807) is 17.3 Å². The van der Waals surface area contributed by atoms with Gasteiger partial charge in [0.25, 0.3) is 0 Å². The average Bonchev–Trinajstić information content (AvgIpc) is 2.82. The van der Waals surface area contributed by atoms with E-state index >= 15 is 0 Å². The van der Waals surface area contributed by atoms with Crippen molar-refractivity contribution in [2.45, 2.75) is 45.3 Å². The van der Waals surface area contributed by atoms with Crippen molar-refractivity contribution in [3.8, 4) is 0 Å². The molecule has 2 aromatic carbocycles. The third kappa shape index (κ3) is 6.78. The van der Waals surface area contributed by atoms with Crippen molar-refractivity contribution in [1.29, 1.82) is 0 Å². The molecular weight excluding hydrogens is 386 g/mol. The van der Waals surface area contributed by atoms with Crippen molar-refractivity contribution in [2.75, 3.05) is 0 Å². The highest BCUT2D eigenvalue weighted by Gasteiger charge is 2.29. The Morgan fingerprint density at radius 3 is 2.10 bits per heavy atom. The van der Waals surface area contributed by atoms with Gasteiger partial charge in [-0.25, -0.2) is 0 Å². The molecule has 1 N–H and O–H groups in total. The highest BCUT2D eigenvalue weighted by molar-refractivity contribution is 5.88. The van der Waals surface area contributed by atoms with Crippen LogP contribution in [0.3, 0.4) is 0 Å². The Balaban J connectivity index is 1.86. The van der Waals surface area contributed by atoms with Gasteiger partial charge in [-0.15, -0.1) is 0 Å². The molecule has 0 aliphatic carbocycles. The van der Waals surface area contributed by atoms with Crippen molar-refractivity contribution in [2.24, 2.45) is 0 Å². The van der Waals surface area contributed by atoms with Gasteiger partial charge in [0.1, 0.15) is 6.04 Å². The van der Waals surface area contributed by atoms with Crippen molar-refractivity contribution in [3.63, 3.8) is 0 Å². The molecule has 0 spiro atoms. The van der Waals surface area contributed by atoms with Crippen molar-refractivity contribution in [3.05, 3.63) is 102 Å². The number of benzene rings is 2. The van der Waals surface area contributed by atoms with E-state index in [9.17, 15) is 9.59 Å². The van der Waals surface area contributed by atoms with Crippen LogP contribution in [0.15, 0.2) is 85.2 Å². The molecule has 0 radical (unpaired) electrons. The fourth-order valence-corrected chi connectivity index (χ4v) is 3.50. The first kappa shape index (κ1) is 22.2. The van der Waals surface area contributed by atoms with Crippen LogP contribution in [0.2, 0.25) is 0 Å². The minimum absolute atomic E-state index is 0.00801. The highest BCUT2D eigenvalue weighted by Crippen LogP contribution is 2.16. The molecule has 0 fully saturated rings. The van der Waals surface area contributed by atoms with E-state index in [1.165, 1.54) is 0 Å². The second-order valence-corrected chi connectivity index (χ2v) is 7.54. The average molecular weight is 416 g/mol. The van der Waals surface area contributed by atoms with Crippen molar-refractivity contribution < 1.29 is 9.59 Å². The summed E-state index contributed by atoms with van der Waals surface area (Å²) in [6.07, 6.45) is 5.02. The van der Waals surface area contributed by atoms with Crippen molar-refractivity contribution in [1.82, 2.24) is 15.2 Å². The van der Waals surface area contributed by atoms with E-state index in [2.05, 4.69) is 10.3 Å². The topological polar surface area (TPSA) is 62.3 Å². The Hall–Kier alpha value is -3.47. The van der Waals surface area contributed by atoms with Crippen LogP contribution < -0.4 is 5.32 Å². The molecule has 0 aliphatic rings. The van der Waals surface area contributed by atoms with E-state index in [-0.39, 0.29) is 11.8 Å². The molecule has 0 saturated carbocycles. The third-order valence-electron chi connectivity index (χ3n) is 5.15. The zero-order valence-electron chi connectivity index (χ0n) is 17.9. The number of carbonyl (C=O) groups is 2. The second-order valence-electron chi connectivity index (χ2n) is 7.54. The van der Waals surface area contributed by atoms with Crippen LogP contribution in [0, 0.1) is 0 Å². The standard InChI is InChI=1S/C26H29N3O2/c1-2-9-25(30)29(20-23-12-7-4-8-13-23)24(18-21-10-5-3-6-11-21)26(31)28-19-22-14-16-27-17-15-22/h3-8,10-17,24H,2,9,18-20H2,1H3,(H,28,31)/t24-/m0/s1. The maximum atomic E-state index is 13.3. The molecule has 2 amide bonds. The van der Waals surface area contributed by atoms with Crippen LogP contribution in [0.5, 0.6) is 0 Å². The minimum atomic E-state index is -0.594. The fourth-order valence-electron chi connectivity index (χ4n) is 3.50. The summed E-state index contributed by atoms with van der Waals surface area (Å²) in [4.78, 5) is 32.2. The number of nitrogens with zero attached hydrogens (tertiary/aromatic N) is 2. The van der Waals surface area contributed by atoms with Crippen LogP contribution >= 0.6 is 0 Å². The molecule has 1 aromatic heterocycles. The van der Waals surface area contributed by atoms with E-state index in [0.29, 0.717) is 25.9 Å². The third-order valence-corrected chi connectivity index (χ3v) is 5.15. The van der Waals surface area contributed by atoms with Gasteiger partial charge >= 0.3 is 0 Å². The molecule has 160 valence electrons. The molecule has 31 heavy (non-hydrogen) atoms. The van der Waals surface area contributed by atoms with Crippen LogP contribution in [0.1, 0.15) is 36.5 Å². The van der Waals surface area contributed by atoms with Gasteiger partial charge in [0.15, 0.2) is 0 Å². The summed E-state index contributed by atoms with van der Waals surface area (Å²) in [5, 5.41) is 3.02. The molecule has 5 nitrogen and oxygen atoms in total. The quantitative estimate of drug-likeness (QED) is 0.541. The van der Waals surface area contributed by atoms with Gasteiger partial charge in [0.05, 0.1) is 0 Å². The first-order valence-electron chi connectivity index (χ1n) is 10.7. The molecule has 3 rings (SSSR count). The molecular formula is C26H29N3O2. The number of amides is 2. The summed E-state index contributed by atoms with van der Waals surface area (Å²) in [6, 6.07) is 22.8. The lowest BCUT2D eigenvalue weighted by Crippen LogP contribution is -2.50. The second kappa shape index (κ2) is 11.6. The highest BCUT2D eigenvalue weighted by atomic mass is 16.2. The maximum Gasteiger partial charge on any atom is 0.243 e. The zero-order chi connectivity index (χ0) is 21.9. The Morgan fingerprint density at radius 2 is 1.48 bits per heavy atom. The zero-order valence-corrected chi connectivity index (χ0v) is 17.9. The van der Waals surface area contributed by atoms with Crippen LogP contribution in [0.25, 0.3) is 0 Å². The van der Waals surface area contributed by atoms with Gasteiger partial charge in [-0.3, -0.25) is 14.6 Å². The Bertz CT molecular complexity index is 946. The predicted molar refractivity (Wildman–Crippen MR) is 122 cm³/mol. The van der Waals surface area contributed by atoms with E-state index in [1.807, 2.05) is 79.7 Å². The van der Waals surface area contributed by atoms with Gasteiger partial charge in [-0.1, -0.05) is 67.6 Å². The molecule has 0 bridgehead atoms. The molecule has 0 unspecified atom stereocenters. The number of hydrogen-bond acceptors (Lipinski definition) is 3. The lowest BCUT2D eigenvalue weighted by Gasteiger charge is -2.31. The molecule has 0 saturated heterocycles. The first-order valence-corrected chi connectivity index (χ1v) is 10.7. The van der Waals surface area contributed by atoms with E-state index in [0.717, 1.165) is 23.1 Å². The maximum absolute atomic E-state index is 13.3. The van der Waals surface area contributed by atoms with Gasteiger partial charge in [-0.2, -0.15) is 0 Å². The van der Waals surface area contributed by atoms with Crippen LogP contribution in [0.4, 0.5) is 0 Å². The number of hydrogen-bond donors (Lipinski definition) is 1. The predicted octanol–water partition coefficient (Wildman–Crippen LogP) is 4.14. The number of nitrogens with one attached hydrogen (secondary N) is 1. The monoisotopic (exact) mass is 415 g/mol. The summed E-state index contributed by atoms with van der Waals surface area (Å²) < 4.78 is 0. The van der Waals surface area contributed by atoms with Gasteiger partial charge in [0.2, 0.25) is 11.8 Å². The summed E-state index contributed by atoms with van der Waals surface area (Å²) >= 11 is 0. The number of rotatable bonds is 10. The Labute approximate surface area is 184 Å². The number of carbonyl (C=O) groups excluding carboxylic acids is 2. The lowest BCUT2D eigenvalue weighted by atomic mass is 10.0. The summed E-state index contributed by atoms with van der Waals surface area (Å²) in [7, 11) is 0. The SMILES string of the molecule is CCCC(=O)N(Cc1ccccc1)[C@@H](Cc1ccccc1)C(=O)NCc1ccncc1.